The third kappa shape index (κ3) is 9.54. The Balaban J connectivity index is 2.12. The number of carboxylic acid groups (broad SMARTS) is 1. The normalized spacial score (nSPS) is 21.7. The van der Waals surface area contributed by atoms with Crippen LogP contribution in [0.3, 0.4) is 0 Å². The van der Waals surface area contributed by atoms with E-state index >= 15 is 0 Å². The molecular weight excluding hydrogens is 592 g/mol. The Morgan fingerprint density at radius 2 is 1.45 bits per heavy atom. The van der Waals surface area contributed by atoms with E-state index in [4.69, 9.17) is 5.73 Å². The number of thioether (sulfide) groups is 1. The summed E-state index contributed by atoms with van der Waals surface area (Å²) in [6.45, 7) is 7.06. The van der Waals surface area contributed by atoms with E-state index in [9.17, 15) is 39.0 Å². The molecule has 0 aromatic rings. The molecule has 2 saturated heterocycles. The molecule has 7 atom stereocenters. The molecule has 7 N–H and O–H groups in total. The van der Waals surface area contributed by atoms with Crippen molar-refractivity contribution in [1.29, 1.82) is 0 Å². The minimum Gasteiger partial charge on any atom is -0.480 e. The van der Waals surface area contributed by atoms with Crippen molar-refractivity contribution >= 4 is 47.3 Å². The summed E-state index contributed by atoms with van der Waals surface area (Å²) in [5, 5.41) is 27.3. The van der Waals surface area contributed by atoms with Gasteiger partial charge in [-0.3, -0.25) is 24.0 Å². The lowest BCUT2D eigenvalue weighted by Gasteiger charge is -2.31. The van der Waals surface area contributed by atoms with E-state index in [-0.39, 0.29) is 24.8 Å². The zero-order valence-corrected chi connectivity index (χ0v) is 27.2. The number of nitrogens with zero attached hydrogens (tertiary/aromatic N) is 2. The predicted octanol–water partition coefficient (Wildman–Crippen LogP) is -0.718. The monoisotopic (exact) mass is 642 g/mol. The summed E-state index contributed by atoms with van der Waals surface area (Å²) in [4.78, 5) is 80.4. The molecule has 5 amide bonds. The van der Waals surface area contributed by atoms with Gasteiger partial charge in [0.25, 0.3) is 0 Å². The average molecular weight is 643 g/mol. The Morgan fingerprint density at radius 3 is 1.98 bits per heavy atom. The second kappa shape index (κ2) is 17.5. The minimum absolute atomic E-state index is 0.0620. The number of amides is 5. The number of aliphatic carboxylic acids is 1. The molecule has 2 aliphatic rings. The molecule has 250 valence electrons. The van der Waals surface area contributed by atoms with E-state index in [1.54, 1.807) is 13.8 Å². The van der Waals surface area contributed by atoms with Crippen LogP contribution in [-0.2, 0) is 28.8 Å². The van der Waals surface area contributed by atoms with Gasteiger partial charge in [0.1, 0.15) is 30.2 Å². The summed E-state index contributed by atoms with van der Waals surface area (Å²) in [6, 6.07) is -6.06. The number of carboxylic acids is 1. The van der Waals surface area contributed by atoms with Crippen molar-refractivity contribution in [1.82, 2.24) is 25.8 Å². The Kier molecular flexibility index (Phi) is 14.9. The maximum Gasteiger partial charge on any atom is 0.326 e. The topological polar surface area (TPSA) is 211 Å². The van der Waals surface area contributed by atoms with Gasteiger partial charge in [-0.15, -0.1) is 0 Å². The molecule has 2 rings (SSSR count). The van der Waals surface area contributed by atoms with Crippen molar-refractivity contribution in [2.45, 2.75) is 102 Å². The maximum absolute atomic E-state index is 13.3. The SMILES string of the molecule is CC[C@H](C)[C@H](N)C(=O)N1CCC[C@H]1C(=O)N[C@@H](CCSC)C(=O)N[C@@H](CO)C(=O)N[C@H](C(=O)N1CCC[C@H]1C(=O)O)C(C)C. The molecule has 2 fully saturated rings. The van der Waals surface area contributed by atoms with Gasteiger partial charge >= 0.3 is 5.97 Å². The number of nitrogens with one attached hydrogen (secondary N) is 3. The Morgan fingerprint density at radius 1 is 0.886 bits per heavy atom. The van der Waals surface area contributed by atoms with Gasteiger partial charge in [0.05, 0.1) is 12.6 Å². The van der Waals surface area contributed by atoms with Gasteiger partial charge in [-0.25, -0.2) is 4.79 Å². The Bertz CT molecular complexity index is 1050. The molecule has 2 aliphatic heterocycles. The number of carbonyl (C=O) groups excluding carboxylic acids is 5. The maximum atomic E-state index is 13.3. The van der Waals surface area contributed by atoms with Crippen LogP contribution in [0.2, 0.25) is 0 Å². The first-order chi connectivity index (χ1) is 20.8. The van der Waals surface area contributed by atoms with E-state index in [1.165, 1.54) is 21.6 Å². The van der Waals surface area contributed by atoms with Crippen molar-refractivity contribution in [3.05, 3.63) is 0 Å². The van der Waals surface area contributed by atoms with Crippen LogP contribution in [-0.4, -0.2) is 123 Å². The Hall–Kier alpha value is -2.91. The van der Waals surface area contributed by atoms with Crippen LogP contribution in [0.25, 0.3) is 0 Å². The van der Waals surface area contributed by atoms with Gasteiger partial charge < -0.3 is 41.7 Å². The van der Waals surface area contributed by atoms with Crippen molar-refractivity contribution in [3.8, 4) is 0 Å². The van der Waals surface area contributed by atoms with Crippen LogP contribution in [0.4, 0.5) is 0 Å². The fourth-order valence-corrected chi connectivity index (χ4v) is 5.94. The lowest BCUT2D eigenvalue weighted by atomic mass is 9.98. The first-order valence-corrected chi connectivity index (χ1v) is 16.8. The summed E-state index contributed by atoms with van der Waals surface area (Å²) < 4.78 is 0. The second-order valence-corrected chi connectivity index (χ2v) is 12.9. The molecule has 0 aromatic heterocycles. The number of nitrogens with two attached hydrogens (primary N) is 1. The highest BCUT2D eigenvalue weighted by Gasteiger charge is 2.41. The molecule has 0 spiro atoms. The minimum atomic E-state index is -1.43. The third-order valence-electron chi connectivity index (χ3n) is 8.49. The zero-order chi connectivity index (χ0) is 33.1. The van der Waals surface area contributed by atoms with Gasteiger partial charge in [0.2, 0.25) is 29.5 Å². The number of hydrogen-bond acceptors (Lipinski definition) is 9. The largest absolute Gasteiger partial charge is 0.480 e. The fraction of sp³-hybridized carbons (Fsp3) is 0.793. The quantitative estimate of drug-likeness (QED) is 0.124. The molecule has 0 bridgehead atoms. The number of aliphatic hydroxyl groups excluding tert-OH is 1. The summed E-state index contributed by atoms with van der Waals surface area (Å²) >= 11 is 1.46. The van der Waals surface area contributed by atoms with E-state index in [1.807, 2.05) is 20.1 Å². The fourth-order valence-electron chi connectivity index (χ4n) is 5.46. The van der Waals surface area contributed by atoms with Gasteiger partial charge in [0, 0.05) is 13.1 Å². The molecule has 44 heavy (non-hydrogen) atoms. The number of likely N-dealkylation sites (tertiary alicyclic amines) is 2. The number of carbonyl (C=O) groups is 6. The lowest BCUT2D eigenvalue weighted by molar-refractivity contribution is -0.150. The van der Waals surface area contributed by atoms with Crippen molar-refractivity contribution < 1.29 is 39.0 Å². The molecule has 14 nitrogen and oxygen atoms in total. The molecule has 2 heterocycles. The second-order valence-electron chi connectivity index (χ2n) is 11.9. The molecule has 0 aromatic carbocycles. The number of rotatable bonds is 16. The highest BCUT2D eigenvalue weighted by molar-refractivity contribution is 7.98. The van der Waals surface area contributed by atoms with E-state index in [0.717, 1.165) is 0 Å². The first kappa shape index (κ1) is 37.3. The Labute approximate surface area is 263 Å². The van der Waals surface area contributed by atoms with Gasteiger partial charge in [-0.2, -0.15) is 11.8 Å². The smallest absolute Gasteiger partial charge is 0.326 e. The van der Waals surface area contributed by atoms with Crippen LogP contribution in [0, 0.1) is 11.8 Å². The molecule has 0 saturated carbocycles. The summed E-state index contributed by atoms with van der Waals surface area (Å²) in [5.41, 5.74) is 6.15. The summed E-state index contributed by atoms with van der Waals surface area (Å²) in [5.74, 6) is -3.96. The third-order valence-corrected chi connectivity index (χ3v) is 9.14. The standard InChI is InChI=1S/C29H50N6O8S/c1-6-17(4)22(30)27(40)34-12-7-9-20(34)26(39)31-18(11-14-44-5)24(37)32-19(15-36)25(38)33-23(16(2)3)28(41)35-13-8-10-21(35)29(42)43/h16-23,36H,6-15,30H2,1-5H3,(H,31,39)(H,32,37)(H,33,38)(H,42,43)/t17-,18-,19-,20-,21-,22-,23-/m0/s1. The predicted molar refractivity (Wildman–Crippen MR) is 165 cm³/mol. The van der Waals surface area contributed by atoms with Crippen LogP contribution in [0.1, 0.15) is 66.2 Å². The molecule has 0 radical (unpaired) electrons. The zero-order valence-electron chi connectivity index (χ0n) is 26.4. The molecule has 0 aliphatic carbocycles. The van der Waals surface area contributed by atoms with E-state index in [0.29, 0.717) is 44.4 Å². The molecule has 15 heteroatoms. The average Bonchev–Trinajstić information content (AvgIpc) is 3.69. The lowest BCUT2D eigenvalue weighted by Crippen LogP contribution is -2.60. The van der Waals surface area contributed by atoms with Crippen LogP contribution < -0.4 is 21.7 Å². The van der Waals surface area contributed by atoms with Crippen LogP contribution >= 0.6 is 11.8 Å². The highest BCUT2D eigenvalue weighted by atomic mass is 32.2. The van der Waals surface area contributed by atoms with Gasteiger partial charge in [0.15, 0.2) is 0 Å². The van der Waals surface area contributed by atoms with E-state index < -0.39 is 78.4 Å². The summed E-state index contributed by atoms with van der Waals surface area (Å²) in [6.07, 6.45) is 4.66. The summed E-state index contributed by atoms with van der Waals surface area (Å²) in [7, 11) is 0. The van der Waals surface area contributed by atoms with E-state index in [2.05, 4.69) is 16.0 Å². The molecule has 0 unspecified atom stereocenters. The van der Waals surface area contributed by atoms with Crippen LogP contribution in [0.5, 0.6) is 0 Å². The first-order valence-electron chi connectivity index (χ1n) is 15.4. The number of aliphatic hydroxyl groups is 1. The van der Waals surface area contributed by atoms with Crippen LogP contribution in [0.15, 0.2) is 0 Å². The van der Waals surface area contributed by atoms with Crippen molar-refractivity contribution in [2.75, 3.05) is 31.7 Å². The number of hydrogen-bond donors (Lipinski definition) is 6. The van der Waals surface area contributed by atoms with Gasteiger partial charge in [-0.1, -0.05) is 34.1 Å². The highest BCUT2D eigenvalue weighted by Crippen LogP contribution is 2.22. The van der Waals surface area contributed by atoms with Gasteiger partial charge in [-0.05, 0) is 55.9 Å². The molecular formula is C29H50N6O8S. The van der Waals surface area contributed by atoms with Crippen molar-refractivity contribution in [2.24, 2.45) is 17.6 Å². The van der Waals surface area contributed by atoms with Crippen molar-refractivity contribution in [3.63, 3.8) is 0 Å².